The first-order valence-electron chi connectivity index (χ1n) is 8.61. The summed E-state index contributed by atoms with van der Waals surface area (Å²) in [6, 6.07) is 1.16. The molecule has 0 aromatic rings. The van der Waals surface area contributed by atoms with Gasteiger partial charge in [0.2, 0.25) is 0 Å². The van der Waals surface area contributed by atoms with Crippen LogP contribution in [0.1, 0.15) is 59.3 Å². The zero-order valence-electron chi connectivity index (χ0n) is 14.2. The monoisotopic (exact) mass is 296 g/mol. The molecule has 0 aromatic carbocycles. The quantitative estimate of drug-likeness (QED) is 0.792. The molecule has 1 aliphatic carbocycles. The second-order valence-corrected chi connectivity index (χ2v) is 7.11. The minimum absolute atomic E-state index is 0.0727. The number of esters is 1. The first kappa shape index (κ1) is 16.8. The first-order valence-corrected chi connectivity index (χ1v) is 8.61. The van der Waals surface area contributed by atoms with Crippen molar-refractivity contribution in [1.82, 2.24) is 10.2 Å². The SMILES string of the molecule is CCCNC1(C(=O)OC)CCC(N2CCC(C)CC2C)C1. The molecule has 4 atom stereocenters. The average molecular weight is 296 g/mol. The van der Waals surface area contributed by atoms with Crippen LogP contribution in [0.3, 0.4) is 0 Å². The van der Waals surface area contributed by atoms with E-state index in [0.29, 0.717) is 12.1 Å². The minimum atomic E-state index is -0.446. The van der Waals surface area contributed by atoms with E-state index in [-0.39, 0.29) is 5.97 Å². The van der Waals surface area contributed by atoms with Gasteiger partial charge in [-0.05, 0) is 64.5 Å². The number of hydrogen-bond donors (Lipinski definition) is 1. The fourth-order valence-corrected chi connectivity index (χ4v) is 4.25. The van der Waals surface area contributed by atoms with E-state index in [2.05, 4.69) is 31.0 Å². The molecule has 0 amide bonds. The summed E-state index contributed by atoms with van der Waals surface area (Å²) in [4.78, 5) is 14.9. The Bertz CT molecular complexity index is 361. The number of nitrogens with zero attached hydrogens (tertiary/aromatic N) is 1. The minimum Gasteiger partial charge on any atom is -0.468 e. The number of methoxy groups -OCH3 is 1. The Balaban J connectivity index is 2.03. The predicted molar refractivity (Wildman–Crippen MR) is 85.2 cm³/mol. The van der Waals surface area contributed by atoms with E-state index in [9.17, 15) is 4.79 Å². The highest BCUT2D eigenvalue weighted by molar-refractivity contribution is 5.81. The van der Waals surface area contributed by atoms with Gasteiger partial charge in [-0.3, -0.25) is 9.69 Å². The van der Waals surface area contributed by atoms with Crippen molar-refractivity contribution in [3.63, 3.8) is 0 Å². The fourth-order valence-electron chi connectivity index (χ4n) is 4.25. The molecule has 2 rings (SSSR count). The second kappa shape index (κ2) is 7.10. The maximum absolute atomic E-state index is 12.3. The summed E-state index contributed by atoms with van der Waals surface area (Å²) in [5, 5.41) is 3.49. The summed E-state index contributed by atoms with van der Waals surface area (Å²) in [7, 11) is 1.51. The van der Waals surface area contributed by atoms with Gasteiger partial charge in [-0.25, -0.2) is 0 Å². The molecule has 1 saturated heterocycles. The highest BCUT2D eigenvalue weighted by Crippen LogP contribution is 2.37. The molecular weight excluding hydrogens is 264 g/mol. The number of nitrogens with one attached hydrogen (secondary N) is 1. The summed E-state index contributed by atoms with van der Waals surface area (Å²) < 4.78 is 5.09. The van der Waals surface area contributed by atoms with Crippen molar-refractivity contribution in [3.05, 3.63) is 0 Å². The van der Waals surface area contributed by atoms with Gasteiger partial charge in [-0.2, -0.15) is 0 Å². The molecule has 122 valence electrons. The van der Waals surface area contributed by atoms with E-state index in [1.807, 2.05) is 0 Å². The van der Waals surface area contributed by atoms with E-state index in [0.717, 1.165) is 38.1 Å². The molecule has 4 heteroatoms. The molecule has 4 unspecified atom stereocenters. The van der Waals surface area contributed by atoms with Crippen molar-refractivity contribution in [2.75, 3.05) is 20.2 Å². The van der Waals surface area contributed by atoms with Crippen LogP contribution in [0, 0.1) is 5.92 Å². The Labute approximate surface area is 129 Å². The number of hydrogen-bond acceptors (Lipinski definition) is 4. The van der Waals surface area contributed by atoms with Crippen LogP contribution in [0.2, 0.25) is 0 Å². The number of ether oxygens (including phenoxy) is 1. The molecule has 21 heavy (non-hydrogen) atoms. The van der Waals surface area contributed by atoms with E-state index >= 15 is 0 Å². The van der Waals surface area contributed by atoms with Crippen molar-refractivity contribution < 1.29 is 9.53 Å². The van der Waals surface area contributed by atoms with Crippen LogP contribution in [0.25, 0.3) is 0 Å². The van der Waals surface area contributed by atoms with Gasteiger partial charge in [-0.15, -0.1) is 0 Å². The van der Waals surface area contributed by atoms with E-state index in [1.54, 1.807) is 0 Å². The van der Waals surface area contributed by atoms with Crippen molar-refractivity contribution >= 4 is 5.97 Å². The standard InChI is InChI=1S/C17H32N2O2/c1-5-9-18-17(16(20)21-4)8-6-15(12-17)19-10-7-13(2)11-14(19)3/h13-15,18H,5-12H2,1-4H3. The Morgan fingerprint density at radius 3 is 2.76 bits per heavy atom. The van der Waals surface area contributed by atoms with Crippen LogP contribution >= 0.6 is 0 Å². The van der Waals surface area contributed by atoms with Crippen LogP contribution in [-0.4, -0.2) is 48.7 Å². The van der Waals surface area contributed by atoms with Gasteiger partial charge in [0.15, 0.2) is 0 Å². The molecule has 0 radical (unpaired) electrons. The summed E-state index contributed by atoms with van der Waals surface area (Å²) in [6.45, 7) is 8.89. The predicted octanol–water partition coefficient (Wildman–Crippen LogP) is 2.57. The Morgan fingerprint density at radius 1 is 1.38 bits per heavy atom. The van der Waals surface area contributed by atoms with Gasteiger partial charge in [-0.1, -0.05) is 13.8 Å². The highest BCUT2D eigenvalue weighted by Gasteiger charge is 2.48. The molecule has 1 aliphatic heterocycles. The largest absolute Gasteiger partial charge is 0.468 e. The molecule has 0 aromatic heterocycles. The molecule has 2 fully saturated rings. The lowest BCUT2D eigenvalue weighted by molar-refractivity contribution is -0.148. The third-order valence-electron chi connectivity index (χ3n) is 5.44. The number of carbonyl (C=O) groups excluding carboxylic acids is 1. The van der Waals surface area contributed by atoms with Crippen LogP contribution < -0.4 is 5.32 Å². The second-order valence-electron chi connectivity index (χ2n) is 7.11. The van der Waals surface area contributed by atoms with E-state index < -0.39 is 5.54 Å². The maximum Gasteiger partial charge on any atom is 0.326 e. The van der Waals surface area contributed by atoms with Gasteiger partial charge in [0.25, 0.3) is 0 Å². The number of carbonyl (C=O) groups is 1. The summed E-state index contributed by atoms with van der Waals surface area (Å²) >= 11 is 0. The van der Waals surface area contributed by atoms with Crippen LogP contribution in [0.4, 0.5) is 0 Å². The molecule has 1 saturated carbocycles. The van der Waals surface area contributed by atoms with Gasteiger partial charge in [0, 0.05) is 12.1 Å². The van der Waals surface area contributed by atoms with Crippen molar-refractivity contribution in [2.24, 2.45) is 5.92 Å². The number of piperidine rings is 1. The van der Waals surface area contributed by atoms with Crippen molar-refractivity contribution in [3.8, 4) is 0 Å². The Hall–Kier alpha value is -0.610. The molecule has 0 spiro atoms. The average Bonchev–Trinajstić information content (AvgIpc) is 2.89. The van der Waals surface area contributed by atoms with Gasteiger partial charge >= 0.3 is 5.97 Å². The van der Waals surface area contributed by atoms with Crippen LogP contribution in [-0.2, 0) is 9.53 Å². The van der Waals surface area contributed by atoms with Gasteiger partial charge in [0.05, 0.1) is 7.11 Å². The molecule has 1 heterocycles. The third kappa shape index (κ3) is 3.59. The normalized spacial score (nSPS) is 37.6. The summed E-state index contributed by atoms with van der Waals surface area (Å²) in [5.41, 5.74) is -0.446. The van der Waals surface area contributed by atoms with Crippen LogP contribution in [0.15, 0.2) is 0 Å². The maximum atomic E-state index is 12.3. The Kier molecular flexibility index (Phi) is 5.67. The molecule has 2 aliphatic rings. The molecule has 4 nitrogen and oxygen atoms in total. The first-order chi connectivity index (χ1) is 10.0. The number of rotatable bonds is 5. The lowest BCUT2D eigenvalue weighted by Crippen LogP contribution is -2.53. The molecule has 1 N–H and O–H groups in total. The van der Waals surface area contributed by atoms with Crippen molar-refractivity contribution in [1.29, 1.82) is 0 Å². The smallest absolute Gasteiger partial charge is 0.326 e. The summed E-state index contributed by atoms with van der Waals surface area (Å²) in [5.74, 6) is 0.762. The van der Waals surface area contributed by atoms with Gasteiger partial charge in [0.1, 0.15) is 5.54 Å². The topological polar surface area (TPSA) is 41.6 Å². The Morgan fingerprint density at radius 2 is 2.14 bits per heavy atom. The zero-order chi connectivity index (χ0) is 15.5. The van der Waals surface area contributed by atoms with E-state index in [4.69, 9.17) is 4.74 Å². The lowest BCUT2D eigenvalue weighted by atomic mass is 9.91. The summed E-state index contributed by atoms with van der Waals surface area (Å²) in [6.07, 6.45) is 6.52. The van der Waals surface area contributed by atoms with Crippen LogP contribution in [0.5, 0.6) is 0 Å². The van der Waals surface area contributed by atoms with E-state index in [1.165, 1.54) is 26.5 Å². The van der Waals surface area contributed by atoms with Gasteiger partial charge < -0.3 is 10.1 Å². The number of likely N-dealkylation sites (tertiary alicyclic amines) is 1. The zero-order valence-corrected chi connectivity index (χ0v) is 14.2. The van der Waals surface area contributed by atoms with Crippen molar-refractivity contribution in [2.45, 2.75) is 76.9 Å². The molecule has 0 bridgehead atoms. The fraction of sp³-hybridized carbons (Fsp3) is 0.941. The third-order valence-corrected chi connectivity index (χ3v) is 5.44. The molecular formula is C17H32N2O2. The highest BCUT2D eigenvalue weighted by atomic mass is 16.5. The lowest BCUT2D eigenvalue weighted by Gasteiger charge is -2.41.